The van der Waals surface area contributed by atoms with Crippen LogP contribution in [0.15, 0.2) is 18.2 Å². The quantitative estimate of drug-likeness (QED) is 0.628. The molecule has 2 N–H and O–H groups in total. The van der Waals surface area contributed by atoms with Crippen LogP contribution in [-0.2, 0) is 11.2 Å². The lowest BCUT2D eigenvalue weighted by Crippen LogP contribution is -2.30. The van der Waals surface area contributed by atoms with Crippen LogP contribution in [0.2, 0.25) is 0 Å². The Labute approximate surface area is 104 Å². The molecule has 0 aliphatic carbocycles. The fraction of sp³-hybridized carbons (Fsp3) is 0.571. The van der Waals surface area contributed by atoms with E-state index in [1.54, 1.807) is 7.11 Å². The number of nitrogens with two attached hydrogens (primary N) is 1. The first kappa shape index (κ1) is 12.2. The maximum atomic E-state index is 5.87. The summed E-state index contributed by atoms with van der Waals surface area (Å²) in [6.07, 6.45) is 4.75. The van der Waals surface area contributed by atoms with Crippen LogP contribution >= 0.6 is 0 Å². The first-order valence-electron chi connectivity index (χ1n) is 6.43. The summed E-state index contributed by atoms with van der Waals surface area (Å²) in [5.41, 5.74) is 9.53. The van der Waals surface area contributed by atoms with Gasteiger partial charge in [-0.05, 0) is 43.4 Å². The van der Waals surface area contributed by atoms with Gasteiger partial charge in [-0.3, -0.25) is 0 Å². The Balaban J connectivity index is 1.98. The van der Waals surface area contributed by atoms with E-state index in [2.05, 4.69) is 17.0 Å². The number of hydrogen-bond donors (Lipinski definition) is 1. The second-order valence-electron chi connectivity index (χ2n) is 4.68. The van der Waals surface area contributed by atoms with Gasteiger partial charge in [-0.25, -0.2) is 0 Å². The van der Waals surface area contributed by atoms with Crippen LogP contribution in [0.1, 0.15) is 24.8 Å². The standard InChI is InChI=1S/C14H22N2O/c1-17-10-3-2-8-16-9-4-5-12-6-7-13(15)11-14(12)16/h6-7,11H,2-5,8-10,15H2,1H3. The summed E-state index contributed by atoms with van der Waals surface area (Å²) < 4.78 is 5.08. The highest BCUT2D eigenvalue weighted by Gasteiger charge is 2.16. The first-order valence-corrected chi connectivity index (χ1v) is 6.43. The molecule has 0 spiro atoms. The van der Waals surface area contributed by atoms with Gasteiger partial charge in [-0.2, -0.15) is 0 Å². The molecule has 0 amide bonds. The molecular formula is C14H22N2O. The van der Waals surface area contributed by atoms with Gasteiger partial charge in [0.1, 0.15) is 0 Å². The number of methoxy groups -OCH3 is 1. The monoisotopic (exact) mass is 234 g/mol. The average molecular weight is 234 g/mol. The van der Waals surface area contributed by atoms with E-state index in [1.165, 1.54) is 30.5 Å². The van der Waals surface area contributed by atoms with Crippen LogP contribution in [0.5, 0.6) is 0 Å². The zero-order valence-electron chi connectivity index (χ0n) is 10.6. The second kappa shape index (κ2) is 5.92. The highest BCUT2D eigenvalue weighted by Crippen LogP contribution is 2.29. The van der Waals surface area contributed by atoms with Crippen molar-refractivity contribution in [2.75, 3.05) is 37.4 Å². The predicted octanol–water partition coefficient (Wildman–Crippen LogP) is 2.45. The number of benzene rings is 1. The molecule has 1 heterocycles. The van der Waals surface area contributed by atoms with Crippen molar-refractivity contribution in [3.63, 3.8) is 0 Å². The Morgan fingerprint density at radius 3 is 3.06 bits per heavy atom. The largest absolute Gasteiger partial charge is 0.399 e. The molecule has 2 rings (SSSR count). The Bertz CT molecular complexity index is 365. The highest BCUT2D eigenvalue weighted by molar-refractivity contribution is 5.62. The Kier molecular flexibility index (Phi) is 4.26. The number of hydrogen-bond acceptors (Lipinski definition) is 3. The van der Waals surface area contributed by atoms with Gasteiger partial charge in [-0.15, -0.1) is 0 Å². The molecule has 1 aromatic carbocycles. The number of nitrogens with zero attached hydrogens (tertiary/aromatic N) is 1. The Morgan fingerprint density at radius 1 is 1.35 bits per heavy atom. The smallest absolute Gasteiger partial charge is 0.0462 e. The fourth-order valence-corrected chi connectivity index (χ4v) is 2.45. The third-order valence-electron chi connectivity index (χ3n) is 3.35. The van der Waals surface area contributed by atoms with Crippen molar-refractivity contribution in [3.8, 4) is 0 Å². The van der Waals surface area contributed by atoms with Gasteiger partial charge in [0, 0.05) is 38.2 Å². The van der Waals surface area contributed by atoms with Crippen LogP contribution in [-0.4, -0.2) is 26.8 Å². The molecule has 0 atom stereocenters. The van der Waals surface area contributed by atoms with Crippen molar-refractivity contribution in [1.82, 2.24) is 0 Å². The number of aryl methyl sites for hydroxylation is 1. The molecule has 17 heavy (non-hydrogen) atoms. The van der Waals surface area contributed by atoms with Crippen molar-refractivity contribution in [2.24, 2.45) is 0 Å². The van der Waals surface area contributed by atoms with Crippen molar-refractivity contribution < 1.29 is 4.74 Å². The molecule has 1 aromatic rings. The Hall–Kier alpha value is -1.22. The number of unbranched alkanes of at least 4 members (excludes halogenated alkanes) is 1. The molecule has 1 aliphatic rings. The van der Waals surface area contributed by atoms with E-state index in [4.69, 9.17) is 10.5 Å². The van der Waals surface area contributed by atoms with Crippen LogP contribution in [0, 0.1) is 0 Å². The number of rotatable bonds is 5. The zero-order valence-corrected chi connectivity index (χ0v) is 10.6. The van der Waals surface area contributed by atoms with E-state index in [-0.39, 0.29) is 0 Å². The number of ether oxygens (including phenoxy) is 1. The summed E-state index contributed by atoms with van der Waals surface area (Å²) in [7, 11) is 1.76. The molecule has 3 nitrogen and oxygen atoms in total. The number of anilines is 2. The molecule has 94 valence electrons. The number of fused-ring (bicyclic) bond motifs is 1. The molecule has 0 bridgehead atoms. The van der Waals surface area contributed by atoms with E-state index >= 15 is 0 Å². The van der Waals surface area contributed by atoms with Crippen LogP contribution in [0.3, 0.4) is 0 Å². The zero-order chi connectivity index (χ0) is 12.1. The van der Waals surface area contributed by atoms with Gasteiger partial charge in [0.25, 0.3) is 0 Å². The summed E-state index contributed by atoms with van der Waals surface area (Å²) in [6.45, 7) is 3.13. The minimum atomic E-state index is 0.859. The topological polar surface area (TPSA) is 38.5 Å². The predicted molar refractivity (Wildman–Crippen MR) is 72.5 cm³/mol. The Morgan fingerprint density at radius 2 is 2.24 bits per heavy atom. The van der Waals surface area contributed by atoms with E-state index in [9.17, 15) is 0 Å². The molecule has 1 aliphatic heterocycles. The van der Waals surface area contributed by atoms with Gasteiger partial charge in [0.15, 0.2) is 0 Å². The SMILES string of the molecule is COCCCCN1CCCc2ccc(N)cc21. The van der Waals surface area contributed by atoms with E-state index in [0.717, 1.165) is 31.8 Å². The molecule has 0 fully saturated rings. The minimum absolute atomic E-state index is 0.859. The molecule has 0 radical (unpaired) electrons. The van der Waals surface area contributed by atoms with Crippen LogP contribution in [0.4, 0.5) is 11.4 Å². The lowest BCUT2D eigenvalue weighted by Gasteiger charge is -2.31. The van der Waals surface area contributed by atoms with Crippen LogP contribution < -0.4 is 10.6 Å². The molecule has 0 unspecified atom stereocenters. The van der Waals surface area contributed by atoms with Crippen molar-refractivity contribution in [2.45, 2.75) is 25.7 Å². The van der Waals surface area contributed by atoms with Crippen LogP contribution in [0.25, 0.3) is 0 Å². The summed E-state index contributed by atoms with van der Waals surface area (Å²) in [4.78, 5) is 2.46. The maximum absolute atomic E-state index is 5.87. The molecule has 0 saturated carbocycles. The maximum Gasteiger partial charge on any atom is 0.0462 e. The molecule has 0 aromatic heterocycles. The van der Waals surface area contributed by atoms with E-state index in [0.29, 0.717) is 0 Å². The van der Waals surface area contributed by atoms with Gasteiger partial charge in [0.05, 0.1) is 0 Å². The normalized spacial score (nSPS) is 14.8. The fourth-order valence-electron chi connectivity index (χ4n) is 2.45. The summed E-state index contributed by atoms with van der Waals surface area (Å²) in [6, 6.07) is 6.30. The lowest BCUT2D eigenvalue weighted by molar-refractivity contribution is 0.193. The third kappa shape index (κ3) is 3.13. The van der Waals surface area contributed by atoms with Crippen molar-refractivity contribution >= 4 is 11.4 Å². The molecular weight excluding hydrogens is 212 g/mol. The summed E-state index contributed by atoms with van der Waals surface area (Å²) >= 11 is 0. The van der Waals surface area contributed by atoms with Gasteiger partial charge < -0.3 is 15.4 Å². The number of nitrogen functional groups attached to an aromatic ring is 1. The van der Waals surface area contributed by atoms with Gasteiger partial charge >= 0.3 is 0 Å². The van der Waals surface area contributed by atoms with E-state index in [1.807, 2.05) is 6.07 Å². The minimum Gasteiger partial charge on any atom is -0.399 e. The van der Waals surface area contributed by atoms with Crippen molar-refractivity contribution in [1.29, 1.82) is 0 Å². The highest BCUT2D eigenvalue weighted by atomic mass is 16.5. The van der Waals surface area contributed by atoms with Gasteiger partial charge in [0.2, 0.25) is 0 Å². The summed E-state index contributed by atoms with van der Waals surface area (Å²) in [5, 5.41) is 0. The average Bonchev–Trinajstić information content (AvgIpc) is 2.35. The second-order valence-corrected chi connectivity index (χ2v) is 4.68. The van der Waals surface area contributed by atoms with E-state index < -0.39 is 0 Å². The third-order valence-corrected chi connectivity index (χ3v) is 3.35. The molecule has 3 heteroatoms. The van der Waals surface area contributed by atoms with Gasteiger partial charge in [-0.1, -0.05) is 6.07 Å². The first-order chi connectivity index (χ1) is 8.31. The molecule has 0 saturated heterocycles. The summed E-state index contributed by atoms with van der Waals surface area (Å²) in [5.74, 6) is 0. The van der Waals surface area contributed by atoms with Crippen molar-refractivity contribution in [3.05, 3.63) is 23.8 Å². The lowest BCUT2D eigenvalue weighted by atomic mass is 10.0.